The Balaban J connectivity index is 2.20. The number of rotatable bonds is 7. The molecule has 0 saturated heterocycles. The molecule has 2 aromatic rings. The fourth-order valence-corrected chi connectivity index (χ4v) is 2.27. The number of nitrogens with one attached hydrogen (secondary N) is 2. The second kappa shape index (κ2) is 9.64. The summed E-state index contributed by atoms with van der Waals surface area (Å²) in [5, 5.41) is 6.13. The summed E-state index contributed by atoms with van der Waals surface area (Å²) in [5.41, 5.74) is 1.47. The highest BCUT2D eigenvalue weighted by Crippen LogP contribution is 2.12. The highest BCUT2D eigenvalue weighted by Gasteiger charge is 2.14. The summed E-state index contributed by atoms with van der Waals surface area (Å²) in [4.78, 5) is 24.8. The van der Waals surface area contributed by atoms with E-state index in [0.717, 1.165) is 18.4 Å². The lowest BCUT2D eigenvalue weighted by Gasteiger charge is -2.11. The molecule has 0 spiro atoms. The van der Waals surface area contributed by atoms with E-state index < -0.39 is 0 Å². The van der Waals surface area contributed by atoms with Gasteiger partial charge in [0.25, 0.3) is 11.8 Å². The van der Waals surface area contributed by atoms with Gasteiger partial charge in [-0.15, -0.1) is 0 Å². The Labute approximate surface area is 152 Å². The van der Waals surface area contributed by atoms with Crippen LogP contribution < -0.4 is 10.6 Å². The van der Waals surface area contributed by atoms with E-state index in [-0.39, 0.29) is 17.5 Å². The van der Waals surface area contributed by atoms with Crippen LogP contribution in [0.5, 0.6) is 0 Å². The molecule has 0 heterocycles. The molecular weight excluding hydrogens is 336 g/mol. The van der Waals surface area contributed by atoms with E-state index in [1.807, 2.05) is 13.0 Å². The lowest BCUT2D eigenvalue weighted by atomic mass is 10.1. The Morgan fingerprint density at radius 2 is 1.72 bits per heavy atom. The summed E-state index contributed by atoms with van der Waals surface area (Å²) < 4.78 is 0. The minimum Gasteiger partial charge on any atom is -0.351 e. The van der Waals surface area contributed by atoms with Crippen molar-refractivity contribution < 1.29 is 9.59 Å². The summed E-state index contributed by atoms with van der Waals surface area (Å²) in [5.74, 6) is -0.640. The third-order valence-corrected chi connectivity index (χ3v) is 3.78. The first-order chi connectivity index (χ1) is 12.1. The SMILES string of the molecule is CCCCNC(=O)/C(=C\c1ccc(Cl)cc1)NC(=O)c1ccccc1. The monoisotopic (exact) mass is 356 g/mol. The highest BCUT2D eigenvalue weighted by molar-refractivity contribution is 6.30. The van der Waals surface area contributed by atoms with Crippen LogP contribution in [0.3, 0.4) is 0 Å². The standard InChI is InChI=1S/C20H21ClN2O2/c1-2-3-13-22-20(25)18(14-15-9-11-17(21)12-10-15)23-19(24)16-7-5-4-6-8-16/h4-12,14H,2-3,13H2,1H3,(H,22,25)(H,23,24)/b18-14+. The molecule has 130 valence electrons. The smallest absolute Gasteiger partial charge is 0.267 e. The van der Waals surface area contributed by atoms with Crippen LogP contribution in [0.4, 0.5) is 0 Å². The average molecular weight is 357 g/mol. The number of unbranched alkanes of at least 4 members (excludes halogenated alkanes) is 1. The van der Waals surface area contributed by atoms with Gasteiger partial charge >= 0.3 is 0 Å². The topological polar surface area (TPSA) is 58.2 Å². The van der Waals surface area contributed by atoms with E-state index in [1.165, 1.54) is 0 Å². The van der Waals surface area contributed by atoms with E-state index in [9.17, 15) is 9.59 Å². The minimum atomic E-state index is -0.327. The Hall–Kier alpha value is -2.59. The molecule has 0 radical (unpaired) electrons. The summed E-state index contributed by atoms with van der Waals surface area (Å²) in [6.45, 7) is 2.61. The predicted octanol–water partition coefficient (Wildman–Crippen LogP) is 4.03. The first kappa shape index (κ1) is 18.7. The first-order valence-corrected chi connectivity index (χ1v) is 8.60. The van der Waals surface area contributed by atoms with Gasteiger partial charge in [0.05, 0.1) is 0 Å². The zero-order valence-electron chi connectivity index (χ0n) is 14.1. The molecule has 2 aromatic carbocycles. The lowest BCUT2D eigenvalue weighted by Crippen LogP contribution is -2.35. The van der Waals surface area contributed by atoms with Gasteiger partial charge in [0, 0.05) is 17.1 Å². The molecule has 0 saturated carbocycles. The van der Waals surface area contributed by atoms with Crippen LogP contribution in [0, 0.1) is 0 Å². The normalized spacial score (nSPS) is 11.0. The Morgan fingerprint density at radius 3 is 2.36 bits per heavy atom. The van der Waals surface area contributed by atoms with Gasteiger partial charge in [0.15, 0.2) is 0 Å². The van der Waals surface area contributed by atoms with Crippen molar-refractivity contribution in [1.29, 1.82) is 0 Å². The molecule has 0 aliphatic carbocycles. The number of halogens is 1. The summed E-state index contributed by atoms with van der Waals surface area (Å²) in [7, 11) is 0. The van der Waals surface area contributed by atoms with Gasteiger partial charge in [0.2, 0.25) is 0 Å². The maximum absolute atomic E-state index is 12.4. The van der Waals surface area contributed by atoms with Crippen molar-refractivity contribution in [2.75, 3.05) is 6.54 Å². The van der Waals surface area contributed by atoms with Gasteiger partial charge in [-0.05, 0) is 42.3 Å². The van der Waals surface area contributed by atoms with Crippen LogP contribution in [0.25, 0.3) is 6.08 Å². The van der Waals surface area contributed by atoms with Gasteiger partial charge in [0.1, 0.15) is 5.70 Å². The number of carbonyl (C=O) groups is 2. The summed E-state index contributed by atoms with van der Waals surface area (Å²) >= 11 is 5.89. The largest absolute Gasteiger partial charge is 0.351 e. The third kappa shape index (κ3) is 6.08. The number of hydrogen-bond acceptors (Lipinski definition) is 2. The zero-order chi connectivity index (χ0) is 18.1. The molecular formula is C20H21ClN2O2. The van der Waals surface area contributed by atoms with Crippen molar-refractivity contribution in [3.63, 3.8) is 0 Å². The highest BCUT2D eigenvalue weighted by atomic mass is 35.5. The fourth-order valence-electron chi connectivity index (χ4n) is 2.14. The van der Waals surface area contributed by atoms with Gasteiger partial charge < -0.3 is 10.6 Å². The lowest BCUT2D eigenvalue weighted by molar-refractivity contribution is -0.117. The number of carbonyl (C=O) groups excluding carboxylic acids is 2. The Bertz CT molecular complexity index is 740. The molecule has 2 amide bonds. The van der Waals surface area contributed by atoms with Gasteiger partial charge in [-0.25, -0.2) is 0 Å². The van der Waals surface area contributed by atoms with E-state index in [4.69, 9.17) is 11.6 Å². The third-order valence-electron chi connectivity index (χ3n) is 3.53. The van der Waals surface area contributed by atoms with Crippen LogP contribution in [0.1, 0.15) is 35.7 Å². The van der Waals surface area contributed by atoms with Gasteiger partial charge in [-0.1, -0.05) is 55.3 Å². The molecule has 0 aliphatic rings. The van der Waals surface area contributed by atoms with Crippen molar-refractivity contribution in [3.05, 3.63) is 76.4 Å². The molecule has 2 N–H and O–H groups in total. The van der Waals surface area contributed by atoms with E-state index in [2.05, 4.69) is 10.6 Å². The van der Waals surface area contributed by atoms with Crippen LogP contribution in [-0.4, -0.2) is 18.4 Å². The molecule has 0 fully saturated rings. The van der Waals surface area contributed by atoms with Gasteiger partial charge in [-0.3, -0.25) is 9.59 Å². The number of hydrogen-bond donors (Lipinski definition) is 2. The molecule has 5 heteroatoms. The van der Waals surface area contributed by atoms with E-state index in [1.54, 1.807) is 54.6 Å². The molecule has 4 nitrogen and oxygen atoms in total. The van der Waals surface area contributed by atoms with Crippen LogP contribution in [0.15, 0.2) is 60.3 Å². The van der Waals surface area contributed by atoms with E-state index >= 15 is 0 Å². The van der Waals surface area contributed by atoms with Gasteiger partial charge in [-0.2, -0.15) is 0 Å². The minimum absolute atomic E-state index is 0.201. The molecule has 2 rings (SSSR count). The summed E-state index contributed by atoms with van der Waals surface area (Å²) in [6.07, 6.45) is 3.50. The number of amides is 2. The zero-order valence-corrected chi connectivity index (χ0v) is 14.8. The summed E-state index contributed by atoms with van der Waals surface area (Å²) in [6, 6.07) is 15.8. The van der Waals surface area contributed by atoms with Crippen molar-refractivity contribution in [3.8, 4) is 0 Å². The molecule has 0 aliphatic heterocycles. The van der Waals surface area contributed by atoms with Crippen molar-refractivity contribution in [2.24, 2.45) is 0 Å². The molecule has 0 unspecified atom stereocenters. The van der Waals surface area contributed by atoms with Crippen LogP contribution >= 0.6 is 11.6 Å². The van der Waals surface area contributed by atoms with E-state index in [0.29, 0.717) is 17.1 Å². The first-order valence-electron chi connectivity index (χ1n) is 8.22. The van der Waals surface area contributed by atoms with Crippen molar-refractivity contribution in [1.82, 2.24) is 10.6 Å². The number of benzene rings is 2. The predicted molar refractivity (Wildman–Crippen MR) is 101 cm³/mol. The second-order valence-corrected chi connectivity index (χ2v) is 5.98. The quantitative estimate of drug-likeness (QED) is 0.581. The van der Waals surface area contributed by atoms with Crippen LogP contribution in [0.2, 0.25) is 5.02 Å². The maximum atomic E-state index is 12.4. The molecule has 0 bridgehead atoms. The maximum Gasteiger partial charge on any atom is 0.267 e. The average Bonchev–Trinajstić information content (AvgIpc) is 2.63. The van der Waals surface area contributed by atoms with Crippen molar-refractivity contribution in [2.45, 2.75) is 19.8 Å². The molecule has 0 atom stereocenters. The van der Waals surface area contributed by atoms with Crippen LogP contribution in [-0.2, 0) is 4.79 Å². The Kier molecular flexibility index (Phi) is 7.23. The second-order valence-electron chi connectivity index (χ2n) is 5.54. The Morgan fingerprint density at radius 1 is 1.04 bits per heavy atom. The molecule has 0 aromatic heterocycles. The fraction of sp³-hybridized carbons (Fsp3) is 0.200. The molecule has 25 heavy (non-hydrogen) atoms. The van der Waals surface area contributed by atoms with Crippen molar-refractivity contribution >= 4 is 29.5 Å².